The van der Waals surface area contributed by atoms with Gasteiger partial charge in [0, 0.05) is 22.1 Å². The van der Waals surface area contributed by atoms with Gasteiger partial charge >= 0.3 is 0 Å². The minimum atomic E-state index is 0.719. The summed E-state index contributed by atoms with van der Waals surface area (Å²) in [6.45, 7) is 0. The Morgan fingerprint density at radius 1 is 1.17 bits per heavy atom. The standard InChI is InChI=1S/C7H4ClN3S/c8-6-3-1-5(2-4-6)7-9-10-11-12-7/h1-4H. The molecule has 0 N–H and O–H groups in total. The van der Waals surface area contributed by atoms with Gasteiger partial charge in [-0.15, -0.1) is 5.10 Å². The van der Waals surface area contributed by atoms with Crippen LogP contribution >= 0.6 is 23.1 Å². The van der Waals surface area contributed by atoms with E-state index in [0.29, 0.717) is 0 Å². The third-order valence-electron chi connectivity index (χ3n) is 1.39. The van der Waals surface area contributed by atoms with Gasteiger partial charge in [-0.2, -0.15) is 0 Å². The zero-order valence-electron chi connectivity index (χ0n) is 5.94. The second-order valence-electron chi connectivity index (χ2n) is 2.17. The molecule has 0 unspecified atom stereocenters. The summed E-state index contributed by atoms with van der Waals surface area (Å²) >= 11 is 6.99. The molecule has 0 saturated heterocycles. The van der Waals surface area contributed by atoms with Gasteiger partial charge in [-0.3, -0.25) is 0 Å². The highest BCUT2D eigenvalue weighted by atomic mass is 35.5. The Morgan fingerprint density at radius 2 is 1.92 bits per heavy atom. The lowest BCUT2D eigenvalue weighted by molar-refractivity contribution is 0.961. The Balaban J connectivity index is 2.43. The molecule has 0 spiro atoms. The first-order valence-electron chi connectivity index (χ1n) is 3.27. The van der Waals surface area contributed by atoms with Gasteiger partial charge in [0.25, 0.3) is 0 Å². The van der Waals surface area contributed by atoms with Crippen LogP contribution in [-0.2, 0) is 0 Å². The first-order valence-corrected chi connectivity index (χ1v) is 4.42. The lowest BCUT2D eigenvalue weighted by Crippen LogP contribution is -1.75. The van der Waals surface area contributed by atoms with Crippen molar-refractivity contribution in [1.29, 1.82) is 0 Å². The molecule has 0 amide bonds. The van der Waals surface area contributed by atoms with E-state index >= 15 is 0 Å². The van der Waals surface area contributed by atoms with Crippen molar-refractivity contribution in [2.45, 2.75) is 0 Å². The van der Waals surface area contributed by atoms with Gasteiger partial charge in [-0.05, 0) is 17.3 Å². The molecule has 0 radical (unpaired) electrons. The number of aromatic nitrogens is 3. The van der Waals surface area contributed by atoms with E-state index in [2.05, 4.69) is 14.8 Å². The van der Waals surface area contributed by atoms with Gasteiger partial charge in [0.2, 0.25) is 0 Å². The fourth-order valence-corrected chi connectivity index (χ4v) is 1.43. The van der Waals surface area contributed by atoms with E-state index in [0.717, 1.165) is 15.6 Å². The van der Waals surface area contributed by atoms with Gasteiger partial charge in [-0.1, -0.05) is 28.2 Å². The smallest absolute Gasteiger partial charge is 0.117 e. The van der Waals surface area contributed by atoms with Gasteiger partial charge in [0.05, 0.1) is 0 Å². The van der Waals surface area contributed by atoms with Gasteiger partial charge in [0.15, 0.2) is 5.01 Å². The molecule has 2 rings (SSSR count). The number of rotatable bonds is 1. The highest BCUT2D eigenvalue weighted by molar-refractivity contribution is 7.08. The SMILES string of the molecule is Clc1ccc(-c2nnns2)cc1. The zero-order valence-corrected chi connectivity index (χ0v) is 7.51. The molecular weight excluding hydrogens is 194 g/mol. The molecule has 2 aromatic rings. The maximum atomic E-state index is 5.72. The van der Waals surface area contributed by atoms with Crippen LogP contribution in [0.1, 0.15) is 0 Å². The maximum absolute atomic E-state index is 5.72. The third-order valence-corrected chi connectivity index (χ3v) is 2.29. The highest BCUT2D eigenvalue weighted by Crippen LogP contribution is 2.20. The van der Waals surface area contributed by atoms with Gasteiger partial charge < -0.3 is 0 Å². The summed E-state index contributed by atoms with van der Waals surface area (Å²) in [5.74, 6) is 0. The average molecular weight is 198 g/mol. The van der Waals surface area contributed by atoms with Crippen molar-refractivity contribution in [3.63, 3.8) is 0 Å². The van der Waals surface area contributed by atoms with Crippen LogP contribution in [0.5, 0.6) is 0 Å². The molecular formula is C7H4ClN3S. The van der Waals surface area contributed by atoms with E-state index in [4.69, 9.17) is 11.6 Å². The molecule has 3 nitrogen and oxygen atoms in total. The second kappa shape index (κ2) is 3.16. The Hall–Kier alpha value is -1.00. The maximum Gasteiger partial charge on any atom is 0.168 e. The third kappa shape index (κ3) is 1.44. The van der Waals surface area contributed by atoms with Crippen molar-refractivity contribution in [3.05, 3.63) is 29.3 Å². The van der Waals surface area contributed by atoms with Gasteiger partial charge in [0.1, 0.15) is 0 Å². The summed E-state index contributed by atoms with van der Waals surface area (Å²) in [5.41, 5.74) is 0.995. The van der Waals surface area contributed by atoms with Crippen LogP contribution in [0, 0.1) is 0 Å². The molecule has 0 bridgehead atoms. The summed E-state index contributed by atoms with van der Waals surface area (Å²) < 4.78 is 3.67. The van der Waals surface area contributed by atoms with Crippen LogP contribution in [0.15, 0.2) is 24.3 Å². The summed E-state index contributed by atoms with van der Waals surface area (Å²) in [6.07, 6.45) is 0. The molecule has 0 aliphatic heterocycles. The quantitative estimate of drug-likeness (QED) is 0.704. The van der Waals surface area contributed by atoms with Crippen LogP contribution < -0.4 is 0 Å². The van der Waals surface area contributed by atoms with Crippen molar-refractivity contribution in [3.8, 4) is 10.6 Å². The predicted molar refractivity (Wildman–Crippen MR) is 48.2 cm³/mol. The lowest BCUT2D eigenvalue weighted by Gasteiger charge is -1.92. The summed E-state index contributed by atoms with van der Waals surface area (Å²) in [6, 6.07) is 7.42. The van der Waals surface area contributed by atoms with E-state index in [1.807, 2.05) is 24.3 Å². The van der Waals surface area contributed by atoms with Crippen LogP contribution in [0.25, 0.3) is 10.6 Å². The molecule has 5 heteroatoms. The second-order valence-corrected chi connectivity index (χ2v) is 3.34. The van der Waals surface area contributed by atoms with Crippen molar-refractivity contribution < 1.29 is 0 Å². The minimum Gasteiger partial charge on any atom is -0.117 e. The van der Waals surface area contributed by atoms with Crippen molar-refractivity contribution in [1.82, 2.24) is 14.8 Å². The van der Waals surface area contributed by atoms with E-state index in [1.54, 1.807) is 0 Å². The fraction of sp³-hybridized carbons (Fsp3) is 0. The monoisotopic (exact) mass is 197 g/mol. The average Bonchev–Trinajstić information content (AvgIpc) is 2.58. The first-order chi connectivity index (χ1) is 5.86. The normalized spacial score (nSPS) is 10.1. The molecule has 1 aromatic carbocycles. The number of hydrogen-bond acceptors (Lipinski definition) is 4. The number of halogens is 1. The summed E-state index contributed by atoms with van der Waals surface area (Å²) in [4.78, 5) is 0. The molecule has 0 aliphatic carbocycles. The minimum absolute atomic E-state index is 0.719. The van der Waals surface area contributed by atoms with E-state index in [-0.39, 0.29) is 0 Å². The molecule has 60 valence electrons. The predicted octanol–water partition coefficient (Wildman–Crippen LogP) is 2.25. The first kappa shape index (κ1) is 7.64. The summed E-state index contributed by atoms with van der Waals surface area (Å²) in [7, 11) is 0. The van der Waals surface area contributed by atoms with Crippen molar-refractivity contribution >= 4 is 23.1 Å². The van der Waals surface area contributed by atoms with Crippen LogP contribution in [0.2, 0.25) is 5.02 Å². The lowest BCUT2D eigenvalue weighted by atomic mass is 10.2. The molecule has 0 saturated carbocycles. The van der Waals surface area contributed by atoms with E-state index in [9.17, 15) is 0 Å². The van der Waals surface area contributed by atoms with Crippen LogP contribution in [0.4, 0.5) is 0 Å². The Labute approximate surface area is 78.2 Å². The molecule has 1 heterocycles. The van der Waals surface area contributed by atoms with Crippen molar-refractivity contribution in [2.24, 2.45) is 0 Å². The fourth-order valence-electron chi connectivity index (χ4n) is 0.837. The molecule has 0 aliphatic rings. The molecule has 0 atom stereocenters. The topological polar surface area (TPSA) is 38.7 Å². The Kier molecular flexibility index (Phi) is 2.01. The summed E-state index contributed by atoms with van der Waals surface area (Å²) in [5, 5.41) is 8.87. The number of benzene rings is 1. The molecule has 12 heavy (non-hydrogen) atoms. The largest absolute Gasteiger partial charge is 0.168 e. The van der Waals surface area contributed by atoms with Gasteiger partial charge in [-0.25, -0.2) is 0 Å². The molecule has 0 fully saturated rings. The van der Waals surface area contributed by atoms with E-state index < -0.39 is 0 Å². The Bertz CT molecular complexity index is 357. The van der Waals surface area contributed by atoms with Crippen molar-refractivity contribution in [2.75, 3.05) is 0 Å². The van der Waals surface area contributed by atoms with Crippen LogP contribution in [0.3, 0.4) is 0 Å². The van der Waals surface area contributed by atoms with Crippen LogP contribution in [-0.4, -0.2) is 14.8 Å². The highest BCUT2D eigenvalue weighted by Gasteiger charge is 2.00. The van der Waals surface area contributed by atoms with E-state index in [1.165, 1.54) is 11.5 Å². The zero-order chi connectivity index (χ0) is 8.39. The molecule has 1 aromatic heterocycles. The number of hydrogen-bond donors (Lipinski definition) is 0. The number of nitrogens with zero attached hydrogens (tertiary/aromatic N) is 3. The Morgan fingerprint density at radius 3 is 2.50 bits per heavy atom.